The molecule has 3 N–H and O–H groups in total. The number of ether oxygens (including phenoxy) is 1. The predicted molar refractivity (Wildman–Crippen MR) is 83.3 cm³/mol. The Bertz CT molecular complexity index is 637. The normalized spacial score (nSPS) is 10.4. The molecule has 0 bridgehead atoms. The van der Waals surface area contributed by atoms with Crippen LogP contribution >= 0.6 is 0 Å². The lowest BCUT2D eigenvalue weighted by Gasteiger charge is -2.24. The Kier molecular flexibility index (Phi) is 4.94. The van der Waals surface area contributed by atoms with Crippen molar-refractivity contribution in [2.24, 2.45) is 5.73 Å². The maximum Gasteiger partial charge on any atom is 0.295 e. The van der Waals surface area contributed by atoms with Crippen LogP contribution in [0.15, 0.2) is 35.4 Å². The minimum atomic E-state index is -0.299. The molecule has 0 radical (unpaired) electrons. The van der Waals surface area contributed by atoms with Crippen molar-refractivity contribution in [2.45, 2.75) is 13.3 Å². The molecule has 0 fully saturated rings. The third-order valence-electron chi connectivity index (χ3n) is 3.18. The summed E-state index contributed by atoms with van der Waals surface area (Å²) >= 11 is 0. The molecule has 2 rings (SSSR count). The predicted octanol–water partition coefficient (Wildman–Crippen LogP) is 1.57. The van der Waals surface area contributed by atoms with Crippen molar-refractivity contribution >= 4 is 11.5 Å². The van der Waals surface area contributed by atoms with Crippen LogP contribution in [0.25, 0.3) is 0 Å². The minimum absolute atomic E-state index is 0.204. The van der Waals surface area contributed by atoms with Gasteiger partial charge in [0.15, 0.2) is 5.82 Å². The number of nitrogens with one attached hydrogen (secondary N) is 1. The first-order valence-electron chi connectivity index (χ1n) is 6.83. The number of nitrogens with zero attached hydrogens (tertiary/aromatic N) is 2. The topological polar surface area (TPSA) is 84.2 Å². The van der Waals surface area contributed by atoms with E-state index in [0.29, 0.717) is 18.9 Å². The van der Waals surface area contributed by atoms with Gasteiger partial charge in [-0.3, -0.25) is 4.79 Å². The van der Waals surface area contributed by atoms with E-state index in [2.05, 4.69) is 9.97 Å². The highest BCUT2D eigenvalue weighted by molar-refractivity contribution is 5.65. The molecule has 0 saturated heterocycles. The van der Waals surface area contributed by atoms with Gasteiger partial charge >= 0.3 is 0 Å². The van der Waals surface area contributed by atoms with Gasteiger partial charge in [0, 0.05) is 12.2 Å². The largest absolute Gasteiger partial charge is 0.488 e. The Morgan fingerprint density at radius 3 is 2.67 bits per heavy atom. The average molecular weight is 288 g/mol. The van der Waals surface area contributed by atoms with E-state index in [1.54, 1.807) is 0 Å². The van der Waals surface area contributed by atoms with Crippen LogP contribution in [-0.2, 0) is 0 Å². The summed E-state index contributed by atoms with van der Waals surface area (Å²) in [5.41, 5.74) is 7.43. The quantitative estimate of drug-likeness (QED) is 0.843. The summed E-state index contributed by atoms with van der Waals surface area (Å²) in [5.74, 6) is 0.702. The second kappa shape index (κ2) is 6.90. The Hall–Kier alpha value is -2.34. The van der Waals surface area contributed by atoms with Gasteiger partial charge in [-0.2, -0.15) is 0 Å². The number of nitrogens with two attached hydrogens (primary N) is 1. The van der Waals surface area contributed by atoms with Crippen molar-refractivity contribution in [2.75, 3.05) is 25.1 Å². The highest BCUT2D eigenvalue weighted by Gasteiger charge is 2.17. The first kappa shape index (κ1) is 15.1. The number of hydrogen-bond acceptors (Lipinski definition) is 5. The van der Waals surface area contributed by atoms with Crippen molar-refractivity contribution in [1.82, 2.24) is 9.97 Å². The maximum atomic E-state index is 11.9. The molecule has 6 heteroatoms. The van der Waals surface area contributed by atoms with Crippen LogP contribution in [0.2, 0.25) is 0 Å². The van der Waals surface area contributed by atoms with Crippen molar-refractivity contribution in [3.8, 4) is 5.75 Å². The second-order valence-corrected chi connectivity index (χ2v) is 4.72. The highest BCUT2D eigenvalue weighted by atomic mass is 16.5. The Balaban J connectivity index is 2.47. The van der Waals surface area contributed by atoms with Crippen LogP contribution in [0.3, 0.4) is 0 Å². The van der Waals surface area contributed by atoms with Gasteiger partial charge in [0.2, 0.25) is 5.75 Å². The first-order chi connectivity index (χ1) is 10.2. The number of hydrogen-bond donors (Lipinski definition) is 2. The Labute approximate surface area is 123 Å². The van der Waals surface area contributed by atoms with Gasteiger partial charge in [-0.1, -0.05) is 17.7 Å². The molecule has 1 aromatic heterocycles. The molecule has 112 valence electrons. The van der Waals surface area contributed by atoms with Crippen LogP contribution < -0.4 is 20.9 Å². The molecule has 0 aliphatic heterocycles. The summed E-state index contributed by atoms with van der Waals surface area (Å²) in [6, 6.07) is 8.02. The maximum absolute atomic E-state index is 11.9. The zero-order valence-corrected chi connectivity index (χ0v) is 12.3. The molecule has 0 aliphatic rings. The first-order valence-corrected chi connectivity index (χ1v) is 6.83. The van der Waals surface area contributed by atoms with E-state index in [4.69, 9.17) is 10.5 Å². The molecule has 2 aromatic rings. The third kappa shape index (κ3) is 3.41. The van der Waals surface area contributed by atoms with Gasteiger partial charge in [-0.25, -0.2) is 4.98 Å². The molecule has 1 heterocycles. The van der Waals surface area contributed by atoms with E-state index in [9.17, 15) is 4.79 Å². The van der Waals surface area contributed by atoms with Crippen LogP contribution in [-0.4, -0.2) is 30.2 Å². The van der Waals surface area contributed by atoms with Crippen molar-refractivity contribution in [1.29, 1.82) is 0 Å². The zero-order valence-electron chi connectivity index (χ0n) is 12.3. The number of aromatic amines is 1. The summed E-state index contributed by atoms with van der Waals surface area (Å²) in [7, 11) is 1.46. The lowest BCUT2D eigenvalue weighted by Crippen LogP contribution is -2.25. The summed E-state index contributed by atoms with van der Waals surface area (Å²) in [6.45, 7) is 3.25. The lowest BCUT2D eigenvalue weighted by molar-refractivity contribution is 0.406. The van der Waals surface area contributed by atoms with Crippen molar-refractivity contribution in [3.05, 3.63) is 46.5 Å². The monoisotopic (exact) mass is 288 g/mol. The summed E-state index contributed by atoms with van der Waals surface area (Å²) in [5, 5.41) is 0. The Morgan fingerprint density at radius 2 is 2.05 bits per heavy atom. The molecule has 0 atom stereocenters. The number of rotatable bonds is 6. The number of aromatic nitrogens is 2. The van der Waals surface area contributed by atoms with Crippen LogP contribution in [0, 0.1) is 6.92 Å². The molecule has 6 nitrogen and oxygen atoms in total. The molecule has 0 spiro atoms. The van der Waals surface area contributed by atoms with Gasteiger partial charge in [0.1, 0.15) is 0 Å². The van der Waals surface area contributed by atoms with Crippen LogP contribution in [0.5, 0.6) is 5.75 Å². The van der Waals surface area contributed by atoms with Gasteiger partial charge in [-0.05, 0) is 32.0 Å². The molecule has 1 aromatic carbocycles. The lowest BCUT2D eigenvalue weighted by atomic mass is 10.2. The molecular weight excluding hydrogens is 268 g/mol. The van der Waals surface area contributed by atoms with E-state index in [1.807, 2.05) is 36.1 Å². The van der Waals surface area contributed by atoms with Crippen molar-refractivity contribution in [3.63, 3.8) is 0 Å². The summed E-state index contributed by atoms with van der Waals surface area (Å²) in [6.07, 6.45) is 2.16. The zero-order chi connectivity index (χ0) is 15.2. The molecule has 0 unspecified atom stereocenters. The van der Waals surface area contributed by atoms with Gasteiger partial charge < -0.3 is 20.4 Å². The summed E-state index contributed by atoms with van der Waals surface area (Å²) in [4.78, 5) is 20.6. The molecule has 21 heavy (non-hydrogen) atoms. The SMILES string of the molecule is COc1c(N(CCCN)c2ccc(C)cc2)nc[nH]c1=O. The smallest absolute Gasteiger partial charge is 0.295 e. The highest BCUT2D eigenvalue weighted by Crippen LogP contribution is 2.29. The Morgan fingerprint density at radius 1 is 1.33 bits per heavy atom. The number of methoxy groups -OCH3 is 1. The summed E-state index contributed by atoms with van der Waals surface area (Å²) < 4.78 is 5.20. The fourth-order valence-electron chi connectivity index (χ4n) is 2.09. The fourth-order valence-corrected chi connectivity index (χ4v) is 2.09. The number of anilines is 2. The van der Waals surface area contributed by atoms with Crippen LogP contribution in [0.1, 0.15) is 12.0 Å². The van der Waals surface area contributed by atoms with E-state index in [-0.39, 0.29) is 11.3 Å². The number of H-pyrrole nitrogens is 1. The van der Waals surface area contributed by atoms with Crippen LogP contribution in [0.4, 0.5) is 11.5 Å². The van der Waals surface area contributed by atoms with E-state index >= 15 is 0 Å². The second-order valence-electron chi connectivity index (χ2n) is 4.72. The molecule has 0 aliphatic carbocycles. The van der Waals surface area contributed by atoms with Crippen molar-refractivity contribution < 1.29 is 4.74 Å². The molecular formula is C15H20N4O2. The average Bonchev–Trinajstić information content (AvgIpc) is 2.49. The number of benzene rings is 1. The minimum Gasteiger partial charge on any atom is -0.488 e. The van der Waals surface area contributed by atoms with E-state index < -0.39 is 0 Å². The van der Waals surface area contributed by atoms with Gasteiger partial charge in [-0.15, -0.1) is 0 Å². The van der Waals surface area contributed by atoms with Gasteiger partial charge in [0.05, 0.1) is 13.4 Å². The standard InChI is InChI=1S/C15H20N4O2/c1-11-4-6-12(7-5-11)19(9-3-8-16)14-13(21-2)15(20)18-10-17-14/h4-7,10H,3,8-9,16H2,1-2H3,(H,17,18,20). The number of aryl methyl sites for hydroxylation is 1. The third-order valence-corrected chi connectivity index (χ3v) is 3.18. The van der Waals surface area contributed by atoms with E-state index in [0.717, 1.165) is 12.1 Å². The van der Waals surface area contributed by atoms with E-state index in [1.165, 1.54) is 19.0 Å². The fraction of sp³-hybridized carbons (Fsp3) is 0.333. The molecule has 0 amide bonds. The van der Waals surface area contributed by atoms with Gasteiger partial charge in [0.25, 0.3) is 5.56 Å². The molecule has 0 saturated carbocycles.